The van der Waals surface area contributed by atoms with Crippen molar-refractivity contribution in [3.63, 3.8) is 0 Å². The third kappa shape index (κ3) is 5.19. The van der Waals surface area contributed by atoms with Crippen molar-refractivity contribution in [1.82, 2.24) is 0 Å². The number of amides is 2. The van der Waals surface area contributed by atoms with Gasteiger partial charge in [0, 0.05) is 25.3 Å². The van der Waals surface area contributed by atoms with Crippen molar-refractivity contribution in [3.8, 4) is 0 Å². The van der Waals surface area contributed by atoms with Crippen LogP contribution in [-0.2, 0) is 16.0 Å². The predicted molar refractivity (Wildman–Crippen MR) is 108 cm³/mol. The van der Waals surface area contributed by atoms with Crippen LogP contribution in [0.5, 0.6) is 0 Å². The summed E-state index contributed by atoms with van der Waals surface area (Å²) >= 11 is 0. The van der Waals surface area contributed by atoms with E-state index >= 15 is 0 Å². The number of carbonyl (C=O) groups excluding carboxylic acids is 2. The van der Waals surface area contributed by atoms with Crippen molar-refractivity contribution >= 4 is 23.2 Å². The zero-order valence-electron chi connectivity index (χ0n) is 16.2. The zero-order chi connectivity index (χ0) is 19.3. The second-order valence-corrected chi connectivity index (χ2v) is 7.18. The standard InChI is InChI=1S/C22H28N2O2/c1-15(2)14-18-6-8-19(9-7-18)16(3)22(26)23-20-10-12-21(13-11-20)24(5)17(4)25/h6-13,15-16H,14H2,1-5H3,(H,23,26). The molecule has 0 aliphatic carbocycles. The molecule has 0 saturated carbocycles. The number of anilines is 2. The molecule has 0 aliphatic rings. The van der Waals surface area contributed by atoms with Gasteiger partial charge in [0.25, 0.3) is 0 Å². The first-order valence-electron chi connectivity index (χ1n) is 9.02. The van der Waals surface area contributed by atoms with Gasteiger partial charge in [0.2, 0.25) is 11.8 Å². The average molecular weight is 352 g/mol. The minimum Gasteiger partial charge on any atom is -0.326 e. The Kier molecular flexibility index (Phi) is 6.56. The highest BCUT2D eigenvalue weighted by molar-refractivity contribution is 5.96. The van der Waals surface area contributed by atoms with E-state index in [0.717, 1.165) is 23.4 Å². The maximum Gasteiger partial charge on any atom is 0.231 e. The van der Waals surface area contributed by atoms with Gasteiger partial charge in [-0.1, -0.05) is 38.1 Å². The van der Waals surface area contributed by atoms with Gasteiger partial charge in [0.15, 0.2) is 0 Å². The van der Waals surface area contributed by atoms with Crippen molar-refractivity contribution in [2.24, 2.45) is 5.92 Å². The van der Waals surface area contributed by atoms with E-state index in [4.69, 9.17) is 0 Å². The Morgan fingerprint density at radius 3 is 2.04 bits per heavy atom. The summed E-state index contributed by atoms with van der Waals surface area (Å²) in [7, 11) is 1.72. The highest BCUT2D eigenvalue weighted by Crippen LogP contribution is 2.21. The van der Waals surface area contributed by atoms with Gasteiger partial charge >= 0.3 is 0 Å². The summed E-state index contributed by atoms with van der Waals surface area (Å²) in [6.07, 6.45) is 1.04. The average Bonchev–Trinajstić information content (AvgIpc) is 2.61. The van der Waals surface area contributed by atoms with Crippen LogP contribution in [0.15, 0.2) is 48.5 Å². The molecular formula is C22H28N2O2. The maximum absolute atomic E-state index is 12.5. The Morgan fingerprint density at radius 2 is 1.54 bits per heavy atom. The van der Waals surface area contributed by atoms with Gasteiger partial charge < -0.3 is 10.2 Å². The number of nitrogens with zero attached hydrogens (tertiary/aromatic N) is 1. The van der Waals surface area contributed by atoms with Crippen LogP contribution in [0.3, 0.4) is 0 Å². The van der Waals surface area contributed by atoms with E-state index in [2.05, 4.69) is 31.3 Å². The monoisotopic (exact) mass is 352 g/mol. The van der Waals surface area contributed by atoms with E-state index in [-0.39, 0.29) is 17.7 Å². The van der Waals surface area contributed by atoms with Crippen molar-refractivity contribution in [2.45, 2.75) is 40.0 Å². The largest absolute Gasteiger partial charge is 0.326 e. The molecule has 0 saturated heterocycles. The lowest BCUT2D eigenvalue weighted by Crippen LogP contribution is -2.23. The smallest absolute Gasteiger partial charge is 0.231 e. The van der Waals surface area contributed by atoms with E-state index in [1.165, 1.54) is 12.5 Å². The van der Waals surface area contributed by atoms with Crippen LogP contribution in [0.2, 0.25) is 0 Å². The summed E-state index contributed by atoms with van der Waals surface area (Å²) < 4.78 is 0. The minimum absolute atomic E-state index is 0.0312. The molecule has 0 fully saturated rings. The minimum atomic E-state index is -0.234. The number of benzene rings is 2. The van der Waals surface area contributed by atoms with Gasteiger partial charge in [-0.2, -0.15) is 0 Å². The summed E-state index contributed by atoms with van der Waals surface area (Å²) in [5, 5.41) is 2.94. The lowest BCUT2D eigenvalue weighted by atomic mass is 9.96. The molecule has 0 heterocycles. The summed E-state index contributed by atoms with van der Waals surface area (Å²) in [5.41, 5.74) is 3.81. The molecule has 0 aliphatic heterocycles. The highest BCUT2D eigenvalue weighted by atomic mass is 16.2. The lowest BCUT2D eigenvalue weighted by Gasteiger charge is -2.16. The molecule has 1 unspecified atom stereocenters. The van der Waals surface area contributed by atoms with E-state index in [0.29, 0.717) is 5.92 Å². The van der Waals surface area contributed by atoms with Gasteiger partial charge in [-0.15, -0.1) is 0 Å². The third-order valence-electron chi connectivity index (χ3n) is 4.51. The molecule has 0 radical (unpaired) electrons. The van der Waals surface area contributed by atoms with Crippen LogP contribution in [-0.4, -0.2) is 18.9 Å². The molecule has 0 bridgehead atoms. The molecule has 2 rings (SSSR count). The first-order valence-corrected chi connectivity index (χ1v) is 9.02. The molecule has 2 aromatic carbocycles. The molecular weight excluding hydrogens is 324 g/mol. The van der Waals surface area contributed by atoms with E-state index in [1.807, 2.05) is 43.3 Å². The molecule has 0 spiro atoms. The molecule has 138 valence electrons. The summed E-state index contributed by atoms with van der Waals surface area (Å²) in [4.78, 5) is 25.5. The van der Waals surface area contributed by atoms with Crippen LogP contribution in [0.4, 0.5) is 11.4 Å². The Balaban J connectivity index is 2.01. The molecule has 26 heavy (non-hydrogen) atoms. The molecule has 0 aromatic heterocycles. The maximum atomic E-state index is 12.5. The molecule has 4 nitrogen and oxygen atoms in total. The zero-order valence-corrected chi connectivity index (χ0v) is 16.2. The molecule has 1 atom stereocenters. The molecule has 2 aromatic rings. The highest BCUT2D eigenvalue weighted by Gasteiger charge is 2.15. The fourth-order valence-corrected chi connectivity index (χ4v) is 2.77. The number of hydrogen-bond donors (Lipinski definition) is 1. The molecule has 1 N–H and O–H groups in total. The van der Waals surface area contributed by atoms with Crippen molar-refractivity contribution in [3.05, 3.63) is 59.7 Å². The number of rotatable bonds is 6. The normalized spacial score (nSPS) is 11.9. The quantitative estimate of drug-likeness (QED) is 0.825. The van der Waals surface area contributed by atoms with Gasteiger partial charge in [0.1, 0.15) is 0 Å². The third-order valence-corrected chi connectivity index (χ3v) is 4.51. The van der Waals surface area contributed by atoms with Gasteiger partial charge in [-0.3, -0.25) is 9.59 Å². The first kappa shape index (κ1) is 19.7. The van der Waals surface area contributed by atoms with E-state index < -0.39 is 0 Å². The van der Waals surface area contributed by atoms with E-state index in [1.54, 1.807) is 11.9 Å². The Bertz CT molecular complexity index is 749. The molecule has 4 heteroatoms. The van der Waals surface area contributed by atoms with Crippen LogP contribution in [0.25, 0.3) is 0 Å². The number of nitrogens with one attached hydrogen (secondary N) is 1. The van der Waals surface area contributed by atoms with Crippen LogP contribution in [0, 0.1) is 5.92 Å². The SMILES string of the molecule is CC(=O)N(C)c1ccc(NC(=O)C(C)c2ccc(CC(C)C)cc2)cc1. The summed E-state index contributed by atoms with van der Waals surface area (Å²) in [6, 6.07) is 15.5. The molecule has 2 amide bonds. The Hall–Kier alpha value is -2.62. The van der Waals surface area contributed by atoms with Crippen molar-refractivity contribution < 1.29 is 9.59 Å². The Labute approximate surface area is 156 Å². The number of hydrogen-bond acceptors (Lipinski definition) is 2. The van der Waals surface area contributed by atoms with Gasteiger partial charge in [-0.25, -0.2) is 0 Å². The van der Waals surface area contributed by atoms with Crippen molar-refractivity contribution in [2.75, 3.05) is 17.3 Å². The van der Waals surface area contributed by atoms with Gasteiger partial charge in [-0.05, 0) is 54.7 Å². The van der Waals surface area contributed by atoms with Gasteiger partial charge in [0.05, 0.1) is 5.92 Å². The van der Waals surface area contributed by atoms with Crippen molar-refractivity contribution in [1.29, 1.82) is 0 Å². The Morgan fingerprint density at radius 1 is 0.962 bits per heavy atom. The van der Waals surface area contributed by atoms with Crippen LogP contribution >= 0.6 is 0 Å². The number of carbonyl (C=O) groups is 2. The topological polar surface area (TPSA) is 49.4 Å². The summed E-state index contributed by atoms with van der Waals surface area (Å²) in [6.45, 7) is 7.82. The fraction of sp³-hybridized carbons (Fsp3) is 0.364. The second-order valence-electron chi connectivity index (χ2n) is 7.18. The fourth-order valence-electron chi connectivity index (χ4n) is 2.77. The second kappa shape index (κ2) is 8.65. The summed E-state index contributed by atoms with van der Waals surface area (Å²) in [5.74, 6) is 0.305. The first-order chi connectivity index (χ1) is 12.3. The van der Waals surface area contributed by atoms with Crippen LogP contribution < -0.4 is 10.2 Å². The lowest BCUT2D eigenvalue weighted by molar-refractivity contribution is -0.117. The predicted octanol–water partition coefficient (Wildman–Crippen LogP) is 4.61. The van der Waals surface area contributed by atoms with E-state index in [9.17, 15) is 9.59 Å². The van der Waals surface area contributed by atoms with Crippen LogP contribution in [0.1, 0.15) is 44.7 Å².